The molecule has 3 amide bonds. The quantitative estimate of drug-likeness (QED) is 0.613. The number of halogens is 1. The summed E-state index contributed by atoms with van der Waals surface area (Å²) >= 11 is 1.59. The molecule has 4 N–H and O–H groups in total. The molecule has 0 aromatic heterocycles. The second-order valence-corrected chi connectivity index (χ2v) is 6.75. The molecule has 1 unspecified atom stereocenters. The molecule has 0 bridgehead atoms. The van der Waals surface area contributed by atoms with Crippen LogP contribution in [-0.4, -0.2) is 30.0 Å². The second-order valence-electron chi connectivity index (χ2n) is 5.76. The third kappa shape index (κ3) is 7.18. The van der Waals surface area contributed by atoms with Gasteiger partial charge in [0, 0.05) is 6.54 Å². The molecule has 0 fully saturated rings. The van der Waals surface area contributed by atoms with Crippen molar-refractivity contribution >= 4 is 23.7 Å². The highest BCUT2D eigenvalue weighted by Crippen LogP contribution is 2.21. The van der Waals surface area contributed by atoms with Crippen molar-refractivity contribution in [2.45, 2.75) is 19.0 Å². The minimum atomic E-state index is -0.724. The van der Waals surface area contributed by atoms with E-state index in [0.717, 1.165) is 11.3 Å². The van der Waals surface area contributed by atoms with Crippen LogP contribution in [-0.2, 0) is 11.3 Å². The van der Waals surface area contributed by atoms with Gasteiger partial charge in [0.1, 0.15) is 23.4 Å². The zero-order valence-electron chi connectivity index (χ0n) is 14.9. The Hall–Kier alpha value is -2.74. The molecule has 2 aromatic rings. The highest BCUT2D eigenvalue weighted by atomic mass is 32.2. The lowest BCUT2D eigenvalue weighted by molar-refractivity contribution is -0.123. The SMILES string of the molecule is CSCCC(NC(N)=O)C(=O)NCc1ccc(Oc2ccc(F)cc2)cc1. The van der Waals surface area contributed by atoms with Crippen LogP contribution >= 0.6 is 11.8 Å². The van der Waals surface area contributed by atoms with E-state index in [4.69, 9.17) is 10.5 Å². The van der Waals surface area contributed by atoms with E-state index in [9.17, 15) is 14.0 Å². The van der Waals surface area contributed by atoms with Gasteiger partial charge in [0.2, 0.25) is 5.91 Å². The lowest BCUT2D eigenvalue weighted by Crippen LogP contribution is -2.48. The molecule has 2 rings (SSSR count). The van der Waals surface area contributed by atoms with Crippen LogP contribution in [0.15, 0.2) is 48.5 Å². The highest BCUT2D eigenvalue weighted by molar-refractivity contribution is 7.98. The summed E-state index contributed by atoms with van der Waals surface area (Å²) in [4.78, 5) is 23.3. The molecule has 27 heavy (non-hydrogen) atoms. The third-order valence-corrected chi connectivity index (χ3v) is 4.33. The van der Waals surface area contributed by atoms with E-state index in [1.165, 1.54) is 12.1 Å². The molecule has 6 nitrogen and oxygen atoms in total. The minimum Gasteiger partial charge on any atom is -0.457 e. The van der Waals surface area contributed by atoms with Crippen LogP contribution in [0, 0.1) is 5.82 Å². The number of thioether (sulfide) groups is 1. The number of amides is 3. The average Bonchev–Trinajstić information content (AvgIpc) is 2.66. The first-order chi connectivity index (χ1) is 13.0. The smallest absolute Gasteiger partial charge is 0.312 e. The van der Waals surface area contributed by atoms with Gasteiger partial charge in [-0.1, -0.05) is 12.1 Å². The topological polar surface area (TPSA) is 93.5 Å². The van der Waals surface area contributed by atoms with E-state index in [0.29, 0.717) is 24.5 Å². The summed E-state index contributed by atoms with van der Waals surface area (Å²) in [5, 5.41) is 5.25. The molecular weight excluding hydrogens is 369 g/mol. The Bertz CT molecular complexity index is 754. The second kappa shape index (κ2) is 10.4. The van der Waals surface area contributed by atoms with Gasteiger partial charge in [-0.15, -0.1) is 0 Å². The lowest BCUT2D eigenvalue weighted by atomic mass is 10.2. The largest absolute Gasteiger partial charge is 0.457 e. The first kappa shape index (κ1) is 20.6. The molecule has 0 spiro atoms. The number of carbonyl (C=O) groups excluding carboxylic acids is 2. The van der Waals surface area contributed by atoms with Gasteiger partial charge in [-0.2, -0.15) is 11.8 Å². The number of urea groups is 1. The first-order valence-electron chi connectivity index (χ1n) is 8.33. The Balaban J connectivity index is 1.88. The van der Waals surface area contributed by atoms with Gasteiger partial charge in [-0.25, -0.2) is 9.18 Å². The summed E-state index contributed by atoms with van der Waals surface area (Å²) in [7, 11) is 0. The van der Waals surface area contributed by atoms with Crippen LogP contribution in [0.2, 0.25) is 0 Å². The Kier molecular flexibility index (Phi) is 7.94. The van der Waals surface area contributed by atoms with Crippen LogP contribution in [0.25, 0.3) is 0 Å². The van der Waals surface area contributed by atoms with Gasteiger partial charge in [-0.3, -0.25) is 4.79 Å². The molecule has 0 heterocycles. The zero-order chi connectivity index (χ0) is 19.6. The molecule has 2 aromatic carbocycles. The maximum absolute atomic E-state index is 12.9. The van der Waals surface area contributed by atoms with Gasteiger partial charge >= 0.3 is 6.03 Å². The van der Waals surface area contributed by atoms with Crippen LogP contribution in [0.3, 0.4) is 0 Å². The summed E-state index contributed by atoms with van der Waals surface area (Å²) in [6.45, 7) is 0.311. The van der Waals surface area contributed by atoms with Crippen molar-refractivity contribution in [1.29, 1.82) is 0 Å². The van der Waals surface area contributed by atoms with Crippen LogP contribution in [0.4, 0.5) is 9.18 Å². The Morgan fingerprint density at radius 3 is 2.26 bits per heavy atom. The van der Waals surface area contributed by atoms with Crippen molar-refractivity contribution in [2.24, 2.45) is 5.73 Å². The lowest BCUT2D eigenvalue weighted by Gasteiger charge is -2.17. The van der Waals surface area contributed by atoms with Crippen molar-refractivity contribution < 1.29 is 18.7 Å². The van der Waals surface area contributed by atoms with E-state index < -0.39 is 12.1 Å². The van der Waals surface area contributed by atoms with Gasteiger partial charge in [0.05, 0.1) is 0 Å². The zero-order valence-corrected chi connectivity index (χ0v) is 15.7. The molecular formula is C19H22FN3O3S. The number of primary amides is 1. The fourth-order valence-electron chi connectivity index (χ4n) is 2.30. The molecule has 0 saturated carbocycles. The molecule has 1 atom stereocenters. The van der Waals surface area contributed by atoms with Crippen LogP contribution in [0.1, 0.15) is 12.0 Å². The molecule has 8 heteroatoms. The maximum Gasteiger partial charge on any atom is 0.312 e. The van der Waals surface area contributed by atoms with E-state index >= 15 is 0 Å². The molecule has 0 radical (unpaired) electrons. The fraction of sp³-hybridized carbons (Fsp3) is 0.263. The standard InChI is InChI=1S/C19H22FN3O3S/c1-27-11-10-17(23-19(21)25)18(24)22-12-13-2-6-15(7-3-13)26-16-8-4-14(20)5-9-16/h2-9,17H,10-12H2,1H3,(H,22,24)(H3,21,23,25). The number of ether oxygens (including phenoxy) is 1. The minimum absolute atomic E-state index is 0.283. The van der Waals surface area contributed by atoms with E-state index in [1.54, 1.807) is 36.0 Å². The van der Waals surface area contributed by atoms with Crippen molar-refractivity contribution in [3.05, 3.63) is 59.9 Å². The number of rotatable bonds is 9. The summed E-state index contributed by atoms with van der Waals surface area (Å²) in [6.07, 6.45) is 2.43. The summed E-state index contributed by atoms with van der Waals surface area (Å²) in [6, 6.07) is 11.5. The van der Waals surface area contributed by atoms with Crippen LogP contribution < -0.4 is 21.1 Å². The Morgan fingerprint density at radius 2 is 1.70 bits per heavy atom. The monoisotopic (exact) mass is 391 g/mol. The van der Waals surface area contributed by atoms with E-state index in [-0.39, 0.29) is 11.7 Å². The maximum atomic E-state index is 12.9. The summed E-state index contributed by atoms with van der Waals surface area (Å²) in [5.41, 5.74) is 6.00. The first-order valence-corrected chi connectivity index (χ1v) is 9.72. The van der Waals surface area contributed by atoms with Crippen LogP contribution in [0.5, 0.6) is 11.5 Å². The number of benzene rings is 2. The fourth-order valence-corrected chi connectivity index (χ4v) is 2.77. The highest BCUT2D eigenvalue weighted by Gasteiger charge is 2.18. The average molecular weight is 391 g/mol. The third-order valence-electron chi connectivity index (χ3n) is 3.68. The predicted octanol–water partition coefficient (Wildman–Crippen LogP) is 3.02. The van der Waals surface area contributed by atoms with Crippen molar-refractivity contribution in [1.82, 2.24) is 10.6 Å². The number of nitrogens with one attached hydrogen (secondary N) is 2. The Labute approximate surface area is 161 Å². The molecule has 0 saturated heterocycles. The molecule has 144 valence electrons. The predicted molar refractivity (Wildman–Crippen MR) is 104 cm³/mol. The molecule has 0 aliphatic rings. The van der Waals surface area contributed by atoms with Crippen molar-refractivity contribution in [3.63, 3.8) is 0 Å². The molecule has 0 aliphatic carbocycles. The van der Waals surface area contributed by atoms with E-state index in [1.807, 2.05) is 18.4 Å². The van der Waals surface area contributed by atoms with Gasteiger partial charge in [-0.05, 0) is 60.4 Å². The summed E-state index contributed by atoms with van der Waals surface area (Å²) < 4.78 is 18.5. The van der Waals surface area contributed by atoms with Gasteiger partial charge < -0.3 is 21.1 Å². The Morgan fingerprint density at radius 1 is 1.11 bits per heavy atom. The van der Waals surface area contributed by atoms with Gasteiger partial charge in [0.15, 0.2) is 0 Å². The van der Waals surface area contributed by atoms with Crippen molar-refractivity contribution in [3.8, 4) is 11.5 Å². The van der Waals surface area contributed by atoms with Crippen molar-refractivity contribution in [2.75, 3.05) is 12.0 Å². The van der Waals surface area contributed by atoms with Gasteiger partial charge in [0.25, 0.3) is 0 Å². The molecule has 0 aliphatic heterocycles. The number of hydrogen-bond acceptors (Lipinski definition) is 4. The number of nitrogens with two attached hydrogens (primary N) is 1. The summed E-state index contributed by atoms with van der Waals surface area (Å²) in [5.74, 6) is 1.26. The normalized spacial score (nSPS) is 11.5. The van der Waals surface area contributed by atoms with E-state index in [2.05, 4.69) is 10.6 Å². The number of carbonyl (C=O) groups is 2. The number of hydrogen-bond donors (Lipinski definition) is 3.